The van der Waals surface area contributed by atoms with Crippen molar-refractivity contribution in [2.24, 2.45) is 15.9 Å². The number of piperazine rings is 1. The van der Waals surface area contributed by atoms with Crippen molar-refractivity contribution < 1.29 is 13.2 Å². The van der Waals surface area contributed by atoms with Gasteiger partial charge in [-0.25, -0.2) is 18.4 Å². The van der Waals surface area contributed by atoms with Crippen molar-refractivity contribution in [1.82, 2.24) is 15.2 Å². The van der Waals surface area contributed by atoms with Crippen LogP contribution in [-0.2, 0) is 21.2 Å². The number of carbonyl (C=O) groups is 1. The van der Waals surface area contributed by atoms with Gasteiger partial charge < -0.3 is 5.32 Å². The van der Waals surface area contributed by atoms with Crippen LogP contribution in [0.25, 0.3) is 0 Å². The molecule has 1 aromatic rings. The second-order valence-electron chi connectivity index (χ2n) is 7.02. The number of aliphatic imine (C=N–C) groups is 2. The van der Waals surface area contributed by atoms with Gasteiger partial charge in [-0.3, -0.25) is 14.7 Å². The van der Waals surface area contributed by atoms with Gasteiger partial charge in [0.1, 0.15) is 5.16 Å². The summed E-state index contributed by atoms with van der Waals surface area (Å²) in [6, 6.07) is 3.09. The molecule has 0 saturated carbocycles. The van der Waals surface area contributed by atoms with Crippen molar-refractivity contribution in [3.05, 3.63) is 47.4 Å². The van der Waals surface area contributed by atoms with Crippen LogP contribution in [0.1, 0.15) is 33.3 Å². The fourth-order valence-corrected chi connectivity index (χ4v) is 3.56. The molecule has 0 unspecified atom stereocenters. The number of allylic oxidation sites excluding steroid dienone is 1. The fraction of sp³-hybridized carbons (Fsp3) is 0.400. The molecule has 0 aromatic carbocycles. The Labute approximate surface area is 182 Å². The smallest absolute Gasteiger partial charge is 0.294 e. The minimum absolute atomic E-state index is 0.0174. The van der Waals surface area contributed by atoms with Crippen molar-refractivity contribution >= 4 is 39.0 Å². The summed E-state index contributed by atoms with van der Waals surface area (Å²) in [6.07, 6.45) is 3.23. The molecule has 1 saturated heterocycles. The lowest BCUT2D eigenvalue weighted by atomic mass is 10.1. The molecule has 0 bridgehead atoms. The van der Waals surface area contributed by atoms with Crippen molar-refractivity contribution in [1.29, 1.82) is 0 Å². The van der Waals surface area contributed by atoms with Gasteiger partial charge in [0, 0.05) is 12.7 Å². The number of amidine groups is 2. The SMILES string of the molecule is C=C(Cl)N=C1/C(=C\C)NC(=NCc2ccc(S(=O)(=O)CC)nc2)C(=O)N1CC(C)C. The third-order valence-corrected chi connectivity index (χ3v) is 5.90. The molecule has 0 spiro atoms. The third-order valence-electron chi connectivity index (χ3n) is 4.18. The first-order chi connectivity index (χ1) is 14.1. The first kappa shape index (κ1) is 23.8. The second-order valence-corrected chi connectivity index (χ2v) is 9.68. The van der Waals surface area contributed by atoms with E-state index < -0.39 is 9.84 Å². The quantitative estimate of drug-likeness (QED) is 0.642. The van der Waals surface area contributed by atoms with E-state index in [-0.39, 0.29) is 40.1 Å². The molecule has 1 aromatic heterocycles. The van der Waals surface area contributed by atoms with Gasteiger partial charge in [-0.05, 0) is 24.5 Å². The number of hydrogen-bond acceptors (Lipinski definition) is 6. The molecule has 1 amide bonds. The fourth-order valence-electron chi connectivity index (χ4n) is 2.69. The predicted octanol–water partition coefficient (Wildman–Crippen LogP) is 2.87. The third kappa shape index (κ3) is 5.76. The van der Waals surface area contributed by atoms with E-state index in [0.717, 1.165) is 0 Å². The lowest BCUT2D eigenvalue weighted by Crippen LogP contribution is -2.55. The zero-order chi connectivity index (χ0) is 22.5. The van der Waals surface area contributed by atoms with Crippen LogP contribution in [0.4, 0.5) is 0 Å². The predicted molar refractivity (Wildman–Crippen MR) is 119 cm³/mol. The van der Waals surface area contributed by atoms with Crippen LogP contribution in [0, 0.1) is 5.92 Å². The monoisotopic (exact) mass is 451 g/mol. The average Bonchev–Trinajstić information content (AvgIpc) is 2.70. The Morgan fingerprint density at radius 2 is 2.10 bits per heavy atom. The molecule has 2 rings (SSSR count). The molecule has 2 heterocycles. The van der Waals surface area contributed by atoms with E-state index in [1.165, 1.54) is 17.2 Å². The van der Waals surface area contributed by atoms with Gasteiger partial charge in [0.2, 0.25) is 0 Å². The summed E-state index contributed by atoms with van der Waals surface area (Å²) in [5.74, 6) is 0.400. The second kappa shape index (κ2) is 9.99. The molecule has 8 nitrogen and oxygen atoms in total. The van der Waals surface area contributed by atoms with E-state index in [9.17, 15) is 13.2 Å². The minimum atomic E-state index is -3.36. The highest BCUT2D eigenvalue weighted by Gasteiger charge is 2.33. The Hall–Kier alpha value is -2.52. The van der Waals surface area contributed by atoms with Crippen LogP contribution in [-0.4, -0.2) is 48.2 Å². The Morgan fingerprint density at radius 1 is 1.40 bits per heavy atom. The molecule has 162 valence electrons. The molecule has 0 atom stereocenters. The summed E-state index contributed by atoms with van der Waals surface area (Å²) in [6.45, 7) is 11.5. The highest BCUT2D eigenvalue weighted by Crippen LogP contribution is 2.16. The van der Waals surface area contributed by atoms with Gasteiger partial charge in [0.25, 0.3) is 5.91 Å². The maximum atomic E-state index is 13.0. The van der Waals surface area contributed by atoms with Crippen molar-refractivity contribution in [3.63, 3.8) is 0 Å². The Kier molecular flexibility index (Phi) is 7.91. The number of halogens is 1. The Morgan fingerprint density at radius 3 is 2.60 bits per heavy atom. The summed E-state index contributed by atoms with van der Waals surface area (Å²) in [4.78, 5) is 27.1. The summed E-state index contributed by atoms with van der Waals surface area (Å²) in [7, 11) is -3.36. The molecule has 1 aliphatic heterocycles. The van der Waals surface area contributed by atoms with E-state index in [1.807, 2.05) is 20.8 Å². The van der Waals surface area contributed by atoms with Crippen LogP contribution in [0.15, 0.2) is 56.8 Å². The standard InChI is InChI=1S/C20H26ClN5O3S/c1-6-16-19(24-14(5)21)26(12-13(3)4)20(27)18(25-16)23-11-15-8-9-17(22-10-15)30(28,29)7-2/h6,8-10,13H,5,7,11-12H2,1-4H3,(H,23,25)/b16-6+,24-19?. The van der Waals surface area contributed by atoms with E-state index in [0.29, 0.717) is 23.6 Å². The van der Waals surface area contributed by atoms with Crippen molar-refractivity contribution in [2.45, 2.75) is 39.3 Å². The maximum absolute atomic E-state index is 13.0. The van der Waals surface area contributed by atoms with E-state index in [2.05, 4.69) is 26.9 Å². The molecule has 10 heteroatoms. The molecule has 1 N–H and O–H groups in total. The number of sulfone groups is 1. The largest absolute Gasteiger partial charge is 0.333 e. The normalized spacial score (nSPS) is 19.1. The van der Waals surface area contributed by atoms with Gasteiger partial charge in [0.15, 0.2) is 26.5 Å². The molecule has 0 aliphatic carbocycles. The van der Waals surface area contributed by atoms with Gasteiger partial charge >= 0.3 is 0 Å². The zero-order valence-corrected chi connectivity index (χ0v) is 19.1. The van der Waals surface area contributed by atoms with Crippen LogP contribution in [0.5, 0.6) is 0 Å². The Bertz CT molecular complexity index is 1010. The number of pyridine rings is 1. The maximum Gasteiger partial charge on any atom is 0.294 e. The summed E-state index contributed by atoms with van der Waals surface area (Å²) in [5.41, 5.74) is 1.27. The van der Waals surface area contributed by atoms with Gasteiger partial charge in [0.05, 0.1) is 18.0 Å². The molecular weight excluding hydrogens is 426 g/mol. The summed E-state index contributed by atoms with van der Waals surface area (Å²) in [5, 5.41) is 3.09. The number of aromatic nitrogens is 1. The van der Waals surface area contributed by atoms with Crippen molar-refractivity contribution in [2.75, 3.05) is 12.3 Å². The first-order valence-electron chi connectivity index (χ1n) is 9.49. The molecule has 1 aliphatic rings. The highest BCUT2D eigenvalue weighted by atomic mass is 35.5. The topological polar surface area (TPSA) is 104 Å². The number of rotatable bonds is 7. The average molecular weight is 452 g/mol. The number of nitrogens with zero attached hydrogens (tertiary/aromatic N) is 4. The minimum Gasteiger partial charge on any atom is -0.333 e. The van der Waals surface area contributed by atoms with E-state index in [4.69, 9.17) is 11.6 Å². The van der Waals surface area contributed by atoms with Crippen LogP contribution in [0.2, 0.25) is 0 Å². The zero-order valence-electron chi connectivity index (χ0n) is 17.5. The van der Waals surface area contributed by atoms with Gasteiger partial charge in [-0.2, -0.15) is 0 Å². The van der Waals surface area contributed by atoms with Crippen LogP contribution in [0.3, 0.4) is 0 Å². The number of nitrogens with one attached hydrogen (secondary N) is 1. The molecule has 0 radical (unpaired) electrons. The van der Waals surface area contributed by atoms with Crippen molar-refractivity contribution in [3.8, 4) is 0 Å². The first-order valence-corrected chi connectivity index (χ1v) is 11.5. The number of amides is 1. The number of carbonyl (C=O) groups excluding carboxylic acids is 1. The molecule has 30 heavy (non-hydrogen) atoms. The van der Waals surface area contributed by atoms with E-state index >= 15 is 0 Å². The Balaban J connectivity index is 2.32. The summed E-state index contributed by atoms with van der Waals surface area (Å²) >= 11 is 5.86. The van der Waals surface area contributed by atoms with Gasteiger partial charge in [-0.15, -0.1) is 0 Å². The highest BCUT2D eigenvalue weighted by molar-refractivity contribution is 7.91. The summed E-state index contributed by atoms with van der Waals surface area (Å²) < 4.78 is 23.8. The lowest BCUT2D eigenvalue weighted by Gasteiger charge is -2.32. The van der Waals surface area contributed by atoms with E-state index in [1.54, 1.807) is 19.1 Å². The number of hydrogen-bond donors (Lipinski definition) is 1. The van der Waals surface area contributed by atoms with Crippen LogP contribution < -0.4 is 5.32 Å². The van der Waals surface area contributed by atoms with Crippen LogP contribution >= 0.6 is 11.6 Å². The molecule has 1 fully saturated rings. The molecular formula is C20H26ClN5O3S. The lowest BCUT2D eigenvalue weighted by molar-refractivity contribution is -0.121. The van der Waals surface area contributed by atoms with Gasteiger partial charge in [-0.1, -0.05) is 51.1 Å².